The summed E-state index contributed by atoms with van der Waals surface area (Å²) in [5.41, 5.74) is 9.90. The van der Waals surface area contributed by atoms with E-state index < -0.39 is 0 Å². The van der Waals surface area contributed by atoms with E-state index in [1.165, 1.54) is 0 Å². The molecule has 0 bridgehead atoms. The molecule has 4 aromatic heterocycles. The van der Waals surface area contributed by atoms with Gasteiger partial charge in [-0.25, -0.2) is 15.0 Å². The maximum Gasteiger partial charge on any atom is 0.190 e. The third-order valence-corrected chi connectivity index (χ3v) is 4.56. The van der Waals surface area contributed by atoms with Crippen LogP contribution in [0.5, 0.6) is 0 Å². The van der Waals surface area contributed by atoms with Gasteiger partial charge in [0.25, 0.3) is 0 Å². The lowest BCUT2D eigenvalue weighted by molar-refractivity contribution is 0.183. The fraction of sp³-hybridized carbons (Fsp3) is 0.222. The molecular formula is C18H19N9O. The Morgan fingerprint density at radius 2 is 2.11 bits per heavy atom. The minimum Gasteiger partial charge on any atom is -0.383 e. The van der Waals surface area contributed by atoms with Crippen molar-refractivity contribution in [3.8, 4) is 11.3 Å². The number of nitrogens with one attached hydrogen (secondary N) is 2. The number of anilines is 2. The van der Waals surface area contributed by atoms with Gasteiger partial charge in [-0.3, -0.25) is 15.1 Å². The quantitative estimate of drug-likeness (QED) is 0.522. The molecule has 0 spiro atoms. The van der Waals surface area contributed by atoms with Crippen LogP contribution < -0.4 is 16.0 Å². The van der Waals surface area contributed by atoms with Crippen LogP contribution in [-0.4, -0.2) is 42.8 Å². The van der Waals surface area contributed by atoms with E-state index in [0.717, 1.165) is 28.3 Å². The summed E-state index contributed by atoms with van der Waals surface area (Å²) >= 11 is 0. The Balaban J connectivity index is 1.39. The van der Waals surface area contributed by atoms with Gasteiger partial charge in [0.05, 0.1) is 37.8 Å². The summed E-state index contributed by atoms with van der Waals surface area (Å²) in [4.78, 5) is 13.5. The van der Waals surface area contributed by atoms with E-state index in [-0.39, 0.29) is 0 Å². The van der Waals surface area contributed by atoms with Gasteiger partial charge in [0, 0.05) is 37.5 Å². The highest BCUT2D eigenvalue weighted by atomic mass is 16.5. The molecule has 10 nitrogen and oxygen atoms in total. The van der Waals surface area contributed by atoms with Crippen LogP contribution in [-0.2, 0) is 17.8 Å². The van der Waals surface area contributed by atoms with Crippen LogP contribution in [0.4, 0.5) is 11.6 Å². The fourth-order valence-corrected chi connectivity index (χ4v) is 3.13. The van der Waals surface area contributed by atoms with Gasteiger partial charge in [0.2, 0.25) is 0 Å². The van der Waals surface area contributed by atoms with Crippen molar-refractivity contribution in [2.45, 2.75) is 13.1 Å². The van der Waals surface area contributed by atoms with Crippen LogP contribution in [0.2, 0.25) is 0 Å². The highest BCUT2D eigenvalue weighted by molar-refractivity contribution is 5.69. The molecule has 4 aromatic rings. The average Bonchev–Trinajstić information content (AvgIpc) is 3.46. The number of nitrogens with zero attached hydrogens (tertiary/aromatic N) is 7. The van der Waals surface area contributed by atoms with Crippen molar-refractivity contribution in [1.29, 1.82) is 0 Å². The van der Waals surface area contributed by atoms with Crippen LogP contribution >= 0.6 is 0 Å². The fourth-order valence-electron chi connectivity index (χ4n) is 3.13. The molecule has 0 aliphatic carbocycles. The zero-order chi connectivity index (χ0) is 18.9. The standard InChI is InChI=1S/C18H19N9O/c1-28-7-6-26-12-14(8-21-26)15-9-20-17-18(22-15)27(24-23-17)11-13-2-3-16-19-4-5-25(16)10-13/h2-5,8-10,12,24H,6-7,11H2,1H3,(H,20,23). The van der Waals surface area contributed by atoms with Crippen LogP contribution in [0, 0.1) is 0 Å². The number of hydrogen-bond donors (Lipinski definition) is 2. The van der Waals surface area contributed by atoms with Crippen molar-refractivity contribution < 1.29 is 4.74 Å². The molecule has 28 heavy (non-hydrogen) atoms. The molecule has 142 valence electrons. The lowest BCUT2D eigenvalue weighted by Gasteiger charge is -2.17. The first-order valence-corrected chi connectivity index (χ1v) is 8.90. The van der Waals surface area contributed by atoms with Gasteiger partial charge in [0.15, 0.2) is 11.6 Å². The Kier molecular flexibility index (Phi) is 4.11. The largest absolute Gasteiger partial charge is 0.383 e. The Labute approximate surface area is 160 Å². The Bertz CT molecular complexity index is 1120. The maximum absolute atomic E-state index is 5.10. The summed E-state index contributed by atoms with van der Waals surface area (Å²) in [6.07, 6.45) is 11.3. The van der Waals surface area contributed by atoms with Gasteiger partial charge in [-0.15, -0.1) is 5.53 Å². The molecule has 2 N–H and O–H groups in total. The van der Waals surface area contributed by atoms with Crippen LogP contribution in [0.25, 0.3) is 16.9 Å². The van der Waals surface area contributed by atoms with Crippen molar-refractivity contribution >= 4 is 17.3 Å². The van der Waals surface area contributed by atoms with Gasteiger partial charge in [-0.1, -0.05) is 6.07 Å². The lowest BCUT2D eigenvalue weighted by atomic mass is 10.2. The maximum atomic E-state index is 5.10. The summed E-state index contributed by atoms with van der Waals surface area (Å²) in [6, 6.07) is 4.05. The molecule has 0 aromatic carbocycles. The van der Waals surface area contributed by atoms with E-state index >= 15 is 0 Å². The Hall–Kier alpha value is -3.50. The number of rotatable bonds is 6. The van der Waals surface area contributed by atoms with E-state index in [4.69, 9.17) is 9.72 Å². The first kappa shape index (κ1) is 16.7. The molecule has 0 saturated heterocycles. The third kappa shape index (κ3) is 3.04. The second-order valence-corrected chi connectivity index (χ2v) is 6.47. The molecular weight excluding hydrogens is 358 g/mol. The van der Waals surface area contributed by atoms with Gasteiger partial charge in [-0.05, 0) is 11.6 Å². The molecule has 10 heteroatoms. The molecule has 0 radical (unpaired) electrons. The average molecular weight is 377 g/mol. The summed E-state index contributed by atoms with van der Waals surface area (Å²) in [5.74, 6) is 1.44. The van der Waals surface area contributed by atoms with Crippen molar-refractivity contribution in [3.05, 3.63) is 54.9 Å². The lowest BCUT2D eigenvalue weighted by Crippen LogP contribution is -2.35. The van der Waals surface area contributed by atoms with Gasteiger partial charge < -0.3 is 9.14 Å². The van der Waals surface area contributed by atoms with E-state index in [9.17, 15) is 0 Å². The molecule has 1 aliphatic rings. The minimum atomic E-state index is 0.611. The van der Waals surface area contributed by atoms with Crippen molar-refractivity contribution in [3.63, 3.8) is 0 Å². The predicted molar refractivity (Wildman–Crippen MR) is 103 cm³/mol. The summed E-state index contributed by atoms with van der Waals surface area (Å²) < 4.78 is 8.93. The van der Waals surface area contributed by atoms with Crippen molar-refractivity contribution in [1.82, 2.24) is 34.7 Å². The molecule has 0 fully saturated rings. The SMILES string of the molecule is COCCn1cc(-c2cnc3c(n2)N(Cc2ccc4nccn4c2)NN3)cn1. The van der Waals surface area contributed by atoms with Crippen LogP contribution in [0.3, 0.4) is 0 Å². The molecule has 0 unspecified atom stereocenters. The van der Waals surface area contributed by atoms with Crippen molar-refractivity contribution in [2.24, 2.45) is 0 Å². The zero-order valence-corrected chi connectivity index (χ0v) is 15.3. The normalized spacial score (nSPS) is 13.1. The molecule has 0 amide bonds. The predicted octanol–water partition coefficient (Wildman–Crippen LogP) is 1.49. The van der Waals surface area contributed by atoms with Crippen LogP contribution in [0.1, 0.15) is 5.56 Å². The molecule has 5 heterocycles. The monoisotopic (exact) mass is 377 g/mol. The number of ether oxygens (including phenoxy) is 1. The number of hydrazine groups is 2. The summed E-state index contributed by atoms with van der Waals surface area (Å²) in [7, 11) is 1.68. The van der Waals surface area contributed by atoms with E-state index in [2.05, 4.69) is 38.3 Å². The number of aromatic nitrogens is 6. The molecule has 1 aliphatic heterocycles. The van der Waals surface area contributed by atoms with Crippen molar-refractivity contribution in [2.75, 3.05) is 24.2 Å². The van der Waals surface area contributed by atoms with Gasteiger partial charge in [-0.2, -0.15) is 5.10 Å². The third-order valence-electron chi connectivity index (χ3n) is 4.56. The van der Waals surface area contributed by atoms with Gasteiger partial charge in [0.1, 0.15) is 5.65 Å². The molecule has 0 atom stereocenters. The first-order chi connectivity index (χ1) is 13.8. The molecule has 0 saturated carbocycles. The molecule has 5 rings (SSSR count). The number of hydrogen-bond acceptors (Lipinski definition) is 8. The number of imidazole rings is 1. The first-order valence-electron chi connectivity index (χ1n) is 8.90. The smallest absolute Gasteiger partial charge is 0.190 e. The number of methoxy groups -OCH3 is 1. The zero-order valence-electron chi connectivity index (χ0n) is 15.3. The Morgan fingerprint density at radius 1 is 1.14 bits per heavy atom. The van der Waals surface area contributed by atoms with E-state index in [1.807, 2.05) is 32.6 Å². The second-order valence-electron chi connectivity index (χ2n) is 6.47. The topological polar surface area (TPSA) is 97.4 Å². The highest BCUT2D eigenvalue weighted by Crippen LogP contribution is 2.28. The second kappa shape index (κ2) is 6.91. The summed E-state index contributed by atoms with van der Waals surface area (Å²) in [6.45, 7) is 1.93. The number of pyridine rings is 1. The minimum absolute atomic E-state index is 0.611. The highest BCUT2D eigenvalue weighted by Gasteiger charge is 2.23. The summed E-state index contributed by atoms with van der Waals surface area (Å²) in [5, 5.41) is 6.28. The Morgan fingerprint density at radius 3 is 3.04 bits per heavy atom. The van der Waals surface area contributed by atoms with Gasteiger partial charge >= 0.3 is 0 Å². The van der Waals surface area contributed by atoms with E-state index in [1.54, 1.807) is 25.7 Å². The van der Waals surface area contributed by atoms with Crippen LogP contribution in [0.15, 0.2) is 49.3 Å². The van der Waals surface area contributed by atoms with E-state index in [0.29, 0.717) is 25.5 Å². The number of fused-ring (bicyclic) bond motifs is 2.